The van der Waals surface area contributed by atoms with Crippen molar-refractivity contribution in [1.29, 1.82) is 0 Å². The lowest BCUT2D eigenvalue weighted by atomic mass is 9.97. The largest absolute Gasteiger partial charge is 0.454 e. The van der Waals surface area contributed by atoms with Crippen molar-refractivity contribution in [3.8, 4) is 11.5 Å². The molecule has 2 aliphatic rings. The van der Waals surface area contributed by atoms with E-state index in [9.17, 15) is 14.2 Å². The summed E-state index contributed by atoms with van der Waals surface area (Å²) in [7, 11) is -3.26. The highest BCUT2D eigenvalue weighted by molar-refractivity contribution is 8.02. The van der Waals surface area contributed by atoms with E-state index in [-0.39, 0.29) is 43.1 Å². The summed E-state index contributed by atoms with van der Waals surface area (Å²) in [5, 5.41) is 2.10. The normalized spacial score (nSPS) is 19.4. The Hall–Kier alpha value is -2.32. The third kappa shape index (κ3) is 5.49. The van der Waals surface area contributed by atoms with Gasteiger partial charge < -0.3 is 23.8 Å². The summed E-state index contributed by atoms with van der Waals surface area (Å²) in [6.07, 6.45) is 0.505. The Morgan fingerprint density at radius 2 is 1.85 bits per heavy atom. The van der Waals surface area contributed by atoms with Crippen molar-refractivity contribution in [2.24, 2.45) is 0 Å². The number of amides is 1. The van der Waals surface area contributed by atoms with E-state index in [1.807, 2.05) is 13.0 Å². The number of rotatable bonds is 8. The molecule has 0 aliphatic carbocycles. The van der Waals surface area contributed by atoms with Crippen LogP contribution in [0, 0.1) is 0 Å². The fraction of sp³-hybridized carbons (Fsp3) is 0.417. The van der Waals surface area contributed by atoms with E-state index in [4.69, 9.17) is 18.5 Å². The van der Waals surface area contributed by atoms with Crippen molar-refractivity contribution in [1.82, 2.24) is 0 Å². The van der Waals surface area contributed by atoms with Crippen LogP contribution in [-0.2, 0) is 31.0 Å². The first kappa shape index (κ1) is 24.8. The third-order valence-corrected chi connectivity index (χ3v) is 8.91. The minimum atomic E-state index is -3.26. The van der Waals surface area contributed by atoms with Crippen LogP contribution in [0.25, 0.3) is 0 Å². The Morgan fingerprint density at radius 1 is 1.15 bits per heavy atom. The van der Waals surface area contributed by atoms with Gasteiger partial charge >= 0.3 is 7.60 Å². The van der Waals surface area contributed by atoms with Crippen LogP contribution in [0.15, 0.2) is 36.4 Å². The van der Waals surface area contributed by atoms with Gasteiger partial charge in [0.05, 0.1) is 29.9 Å². The highest BCUT2D eigenvalue weighted by atomic mass is 32.2. The molecule has 0 bridgehead atoms. The van der Waals surface area contributed by atoms with Crippen molar-refractivity contribution in [3.05, 3.63) is 53.1 Å². The maximum atomic E-state index is 13.2. The molecule has 0 saturated heterocycles. The van der Waals surface area contributed by atoms with Gasteiger partial charge in [0.1, 0.15) is 0 Å². The molecule has 0 saturated carbocycles. The minimum absolute atomic E-state index is 0.0294. The molecule has 8 nitrogen and oxygen atoms in total. The first-order valence-electron chi connectivity index (χ1n) is 11.2. The topological polar surface area (TPSA) is 100 Å². The second kappa shape index (κ2) is 10.5. The van der Waals surface area contributed by atoms with Gasteiger partial charge in [-0.15, -0.1) is 11.8 Å². The number of benzene rings is 2. The number of anilines is 1. The Balaban J connectivity index is 1.51. The van der Waals surface area contributed by atoms with Gasteiger partial charge in [0.15, 0.2) is 17.3 Å². The lowest BCUT2D eigenvalue weighted by Gasteiger charge is -2.18. The van der Waals surface area contributed by atoms with Crippen LogP contribution in [-0.4, -0.2) is 42.2 Å². The van der Waals surface area contributed by atoms with Gasteiger partial charge in [-0.25, -0.2) is 0 Å². The number of ketones is 1. The molecule has 0 radical (unpaired) electrons. The zero-order valence-electron chi connectivity index (χ0n) is 19.4. The van der Waals surface area contributed by atoms with Gasteiger partial charge in [-0.05, 0) is 62.6 Å². The van der Waals surface area contributed by atoms with Crippen molar-refractivity contribution < 1.29 is 32.7 Å². The molecule has 0 spiro atoms. The molecule has 0 unspecified atom stereocenters. The predicted molar refractivity (Wildman–Crippen MR) is 131 cm³/mol. The molecule has 2 atom stereocenters. The van der Waals surface area contributed by atoms with Crippen molar-refractivity contribution >= 4 is 36.7 Å². The second-order valence-corrected chi connectivity index (χ2v) is 11.6. The minimum Gasteiger partial charge on any atom is -0.454 e. The molecular formula is C24H28NO7PS. The maximum Gasteiger partial charge on any atom is 0.335 e. The van der Waals surface area contributed by atoms with Crippen LogP contribution in [0.2, 0.25) is 0 Å². The highest BCUT2D eigenvalue weighted by Gasteiger charge is 2.34. The number of fused-ring (bicyclic) bond motifs is 2. The average molecular weight is 506 g/mol. The summed E-state index contributed by atoms with van der Waals surface area (Å²) in [6, 6.07) is 10.7. The highest BCUT2D eigenvalue weighted by Crippen LogP contribution is 2.51. The molecule has 1 amide bonds. The van der Waals surface area contributed by atoms with Crippen LogP contribution in [0.5, 0.6) is 11.5 Å². The average Bonchev–Trinajstić information content (AvgIpc) is 3.20. The molecule has 2 aliphatic heterocycles. The van der Waals surface area contributed by atoms with E-state index in [2.05, 4.69) is 5.32 Å². The van der Waals surface area contributed by atoms with Gasteiger partial charge in [-0.1, -0.05) is 12.1 Å². The van der Waals surface area contributed by atoms with Crippen LogP contribution < -0.4 is 14.8 Å². The summed E-state index contributed by atoms with van der Waals surface area (Å²) < 4.78 is 34.5. The standard InChI is InChI=1S/C24H28NO7PS/c1-4-31-33(28,32-5-2)13-16-7-6-8-18(9-16)25-24(27)22-11-17-10-20-21(30-14-29-20)12-19(17)23(26)15(3)34-22/h6-10,12,15,22H,4-5,11,13-14H2,1-3H3,(H,25,27)/t15-,22+/m0/s1. The summed E-state index contributed by atoms with van der Waals surface area (Å²) >= 11 is 1.34. The van der Waals surface area contributed by atoms with Crippen molar-refractivity contribution in [2.75, 3.05) is 25.3 Å². The number of Topliss-reactive ketones (excluding diaryl/α,β-unsaturated/α-hetero) is 1. The Bertz CT molecular complexity index is 1130. The molecule has 10 heteroatoms. The molecule has 2 aromatic rings. The SMILES string of the molecule is CCOP(=O)(Cc1cccc(NC(=O)[C@H]2Cc3cc4c(cc3C(=O)[C@H](C)S2)OCO4)c1)OCC. The number of nitrogens with one attached hydrogen (secondary N) is 1. The summed E-state index contributed by atoms with van der Waals surface area (Å²) in [6.45, 7) is 6.04. The number of ether oxygens (including phenoxy) is 2. The lowest BCUT2D eigenvalue weighted by Crippen LogP contribution is -2.28. The molecule has 34 heavy (non-hydrogen) atoms. The van der Waals surface area contributed by atoms with Crippen molar-refractivity contribution in [2.45, 2.75) is 43.9 Å². The van der Waals surface area contributed by atoms with E-state index in [1.165, 1.54) is 11.8 Å². The van der Waals surface area contributed by atoms with E-state index in [0.29, 0.717) is 29.2 Å². The molecule has 1 N–H and O–H groups in total. The molecule has 0 fully saturated rings. The van der Waals surface area contributed by atoms with E-state index in [1.54, 1.807) is 44.2 Å². The lowest BCUT2D eigenvalue weighted by molar-refractivity contribution is -0.115. The van der Waals surface area contributed by atoms with Crippen molar-refractivity contribution in [3.63, 3.8) is 0 Å². The molecular weight excluding hydrogens is 477 g/mol. The Labute approximate surface area is 203 Å². The number of carbonyl (C=O) groups excluding carboxylic acids is 2. The zero-order valence-corrected chi connectivity index (χ0v) is 21.1. The molecule has 182 valence electrons. The van der Waals surface area contributed by atoms with Gasteiger partial charge in [0.2, 0.25) is 12.7 Å². The predicted octanol–water partition coefficient (Wildman–Crippen LogP) is 5.05. The summed E-state index contributed by atoms with van der Waals surface area (Å²) in [4.78, 5) is 26.2. The summed E-state index contributed by atoms with van der Waals surface area (Å²) in [5.41, 5.74) is 2.66. The number of thioether (sulfide) groups is 1. The first-order valence-corrected chi connectivity index (χ1v) is 13.9. The van der Waals surface area contributed by atoms with Crippen LogP contribution in [0.1, 0.15) is 42.3 Å². The fourth-order valence-electron chi connectivity index (χ4n) is 4.03. The smallest absolute Gasteiger partial charge is 0.335 e. The van der Waals surface area contributed by atoms with Gasteiger partial charge in [-0.3, -0.25) is 14.2 Å². The van der Waals surface area contributed by atoms with E-state index >= 15 is 0 Å². The van der Waals surface area contributed by atoms with Crippen LogP contribution >= 0.6 is 19.4 Å². The van der Waals surface area contributed by atoms with Crippen LogP contribution in [0.4, 0.5) is 5.69 Å². The summed E-state index contributed by atoms with van der Waals surface area (Å²) in [5.74, 6) is 0.912. The van der Waals surface area contributed by atoms with Gasteiger partial charge in [-0.2, -0.15) is 0 Å². The number of hydrogen-bond donors (Lipinski definition) is 1. The van der Waals surface area contributed by atoms with Gasteiger partial charge in [0, 0.05) is 11.3 Å². The molecule has 2 heterocycles. The van der Waals surface area contributed by atoms with E-state index < -0.39 is 12.8 Å². The number of carbonyl (C=O) groups is 2. The first-order chi connectivity index (χ1) is 16.3. The quantitative estimate of drug-likeness (QED) is 0.498. The van der Waals surface area contributed by atoms with E-state index in [0.717, 1.165) is 11.1 Å². The maximum absolute atomic E-state index is 13.2. The molecule has 2 aromatic carbocycles. The third-order valence-electron chi connectivity index (χ3n) is 5.52. The van der Waals surface area contributed by atoms with Crippen LogP contribution in [0.3, 0.4) is 0 Å². The molecule has 4 rings (SSSR count). The molecule has 0 aromatic heterocycles. The zero-order chi connectivity index (χ0) is 24.3. The van der Waals surface area contributed by atoms with Gasteiger partial charge in [0.25, 0.3) is 0 Å². The monoisotopic (exact) mass is 505 g/mol. The number of hydrogen-bond acceptors (Lipinski definition) is 8. The second-order valence-electron chi connectivity index (χ2n) is 7.99. The fourth-order valence-corrected chi connectivity index (χ4v) is 6.92. The Kier molecular flexibility index (Phi) is 7.67. The Morgan fingerprint density at radius 3 is 2.56 bits per heavy atom.